The van der Waals surface area contributed by atoms with Crippen molar-refractivity contribution >= 4 is 22.7 Å². The number of likely N-dealkylation sites (N-methyl/N-ethyl adjacent to an activating group) is 1. The Labute approximate surface area is 244 Å². The van der Waals surface area contributed by atoms with E-state index < -0.39 is 5.60 Å². The number of fused-ring (bicyclic) bond motifs is 3. The van der Waals surface area contributed by atoms with Crippen LogP contribution in [0.5, 0.6) is 0 Å². The Morgan fingerprint density at radius 2 is 1.93 bits per heavy atom. The van der Waals surface area contributed by atoms with Crippen LogP contribution in [0.3, 0.4) is 0 Å². The zero-order valence-corrected chi connectivity index (χ0v) is 24.4. The highest BCUT2D eigenvalue weighted by Crippen LogP contribution is 2.63. The van der Waals surface area contributed by atoms with Gasteiger partial charge in [0.1, 0.15) is 11.0 Å². The van der Waals surface area contributed by atoms with Gasteiger partial charge in [0.15, 0.2) is 11.5 Å². The number of nitrogens with one attached hydrogen (secondary N) is 1. The summed E-state index contributed by atoms with van der Waals surface area (Å²) in [4.78, 5) is 30.3. The monoisotopic (exact) mass is 563 g/mol. The fourth-order valence-corrected chi connectivity index (χ4v) is 7.95. The molecule has 0 amide bonds. The van der Waals surface area contributed by atoms with Crippen LogP contribution in [0, 0.1) is 5.41 Å². The topological polar surface area (TPSA) is 101 Å². The molecule has 1 aromatic carbocycles. The number of aryl methyl sites for hydroxylation is 2. The van der Waals surface area contributed by atoms with Gasteiger partial charge in [0.2, 0.25) is 5.95 Å². The summed E-state index contributed by atoms with van der Waals surface area (Å²) in [6.45, 7) is 8.23. The number of anilines is 2. The number of pyridine rings is 1. The van der Waals surface area contributed by atoms with Gasteiger partial charge in [0, 0.05) is 30.9 Å². The van der Waals surface area contributed by atoms with Gasteiger partial charge in [-0.25, -0.2) is 19.3 Å². The van der Waals surface area contributed by atoms with E-state index in [1.54, 1.807) is 27.2 Å². The lowest BCUT2D eigenvalue weighted by Crippen LogP contribution is -2.38. The number of rotatable bonds is 6. The van der Waals surface area contributed by atoms with Gasteiger partial charge < -0.3 is 15.3 Å². The first kappa shape index (κ1) is 25.9. The van der Waals surface area contributed by atoms with Crippen molar-refractivity contribution in [2.75, 3.05) is 18.9 Å². The lowest BCUT2D eigenvalue weighted by Gasteiger charge is -2.42. The molecule has 9 heteroatoms. The number of allylic oxidation sites excluding steroid dienone is 1. The van der Waals surface area contributed by atoms with E-state index >= 15 is 0 Å². The average Bonchev–Trinajstić information content (AvgIpc) is 3.62. The van der Waals surface area contributed by atoms with Crippen LogP contribution in [0.25, 0.3) is 16.9 Å². The van der Waals surface area contributed by atoms with Gasteiger partial charge in [-0.3, -0.25) is 4.79 Å². The second kappa shape index (κ2) is 9.09. The molecule has 8 rings (SSSR count). The number of nitrogens with zero attached hydrogens (tertiary/aromatic N) is 6. The minimum Gasteiger partial charge on any atom is -0.384 e. The van der Waals surface area contributed by atoms with E-state index in [0.717, 1.165) is 37.2 Å². The van der Waals surface area contributed by atoms with Gasteiger partial charge in [0.05, 0.1) is 12.2 Å². The molecule has 2 unspecified atom stereocenters. The van der Waals surface area contributed by atoms with E-state index in [-0.39, 0.29) is 5.56 Å². The predicted octanol–water partition coefficient (Wildman–Crippen LogP) is 4.71. The van der Waals surface area contributed by atoms with Crippen molar-refractivity contribution < 1.29 is 5.11 Å². The number of hydrogen-bond donors (Lipinski definition) is 2. The average molecular weight is 564 g/mol. The predicted molar refractivity (Wildman–Crippen MR) is 162 cm³/mol. The third-order valence-electron chi connectivity index (χ3n) is 10.4. The van der Waals surface area contributed by atoms with Gasteiger partial charge in [0.25, 0.3) is 5.56 Å². The first-order valence-corrected chi connectivity index (χ1v) is 15.3. The lowest BCUT2D eigenvalue weighted by atomic mass is 9.69. The molecule has 3 aliphatic carbocycles. The van der Waals surface area contributed by atoms with Crippen LogP contribution in [-0.2, 0) is 31.5 Å². The third-order valence-corrected chi connectivity index (χ3v) is 10.4. The van der Waals surface area contributed by atoms with Crippen molar-refractivity contribution in [3.63, 3.8) is 0 Å². The van der Waals surface area contributed by atoms with E-state index in [9.17, 15) is 9.90 Å². The molecule has 4 aliphatic rings. The Hall–Kier alpha value is -3.82. The summed E-state index contributed by atoms with van der Waals surface area (Å²) in [5.41, 5.74) is 6.99. The Morgan fingerprint density at radius 3 is 2.71 bits per heavy atom. The van der Waals surface area contributed by atoms with E-state index in [1.165, 1.54) is 30.4 Å². The van der Waals surface area contributed by atoms with Crippen molar-refractivity contribution in [2.45, 2.75) is 76.5 Å². The van der Waals surface area contributed by atoms with Crippen LogP contribution >= 0.6 is 0 Å². The molecule has 4 heterocycles. The van der Waals surface area contributed by atoms with Gasteiger partial charge in [-0.2, -0.15) is 4.98 Å². The molecule has 1 fully saturated rings. The Bertz CT molecular complexity index is 1830. The summed E-state index contributed by atoms with van der Waals surface area (Å²) in [6.07, 6.45) is 10.4. The summed E-state index contributed by atoms with van der Waals surface area (Å²) >= 11 is 0. The van der Waals surface area contributed by atoms with E-state index in [0.29, 0.717) is 59.2 Å². The summed E-state index contributed by atoms with van der Waals surface area (Å²) in [5, 5.41) is 15.1. The number of benzene rings is 1. The van der Waals surface area contributed by atoms with Crippen LogP contribution in [0.2, 0.25) is 0 Å². The first-order chi connectivity index (χ1) is 20.3. The maximum atomic E-state index is 13.5. The summed E-state index contributed by atoms with van der Waals surface area (Å²) in [6, 6.07) is 8.46. The van der Waals surface area contributed by atoms with Crippen LogP contribution < -0.4 is 10.9 Å². The molecule has 216 valence electrons. The molecular formula is C33H37N7O2. The van der Waals surface area contributed by atoms with Crippen LogP contribution in [0.4, 0.5) is 11.6 Å². The fourth-order valence-electron chi connectivity index (χ4n) is 7.95. The second-order valence-corrected chi connectivity index (χ2v) is 12.9. The Morgan fingerprint density at radius 1 is 1.12 bits per heavy atom. The highest BCUT2D eigenvalue weighted by molar-refractivity contribution is 5.77. The smallest absolute Gasteiger partial charge is 0.278 e. The van der Waals surface area contributed by atoms with Crippen molar-refractivity contribution in [1.29, 1.82) is 0 Å². The zero-order valence-electron chi connectivity index (χ0n) is 24.4. The van der Waals surface area contributed by atoms with Gasteiger partial charge in [-0.05, 0) is 97.9 Å². The molecule has 0 radical (unpaired) electrons. The molecular weight excluding hydrogens is 526 g/mol. The third kappa shape index (κ3) is 3.76. The maximum Gasteiger partial charge on any atom is 0.278 e. The van der Waals surface area contributed by atoms with Crippen molar-refractivity contribution in [1.82, 2.24) is 29.2 Å². The number of aliphatic hydroxyl groups is 1. The fraction of sp³-hybridized carbons (Fsp3) is 0.455. The van der Waals surface area contributed by atoms with Gasteiger partial charge >= 0.3 is 0 Å². The van der Waals surface area contributed by atoms with Gasteiger partial charge in [-0.1, -0.05) is 19.1 Å². The van der Waals surface area contributed by atoms with Crippen LogP contribution in [0.15, 0.2) is 47.9 Å². The summed E-state index contributed by atoms with van der Waals surface area (Å²) in [5.74, 6) is 1.61. The second-order valence-electron chi connectivity index (χ2n) is 12.9. The molecule has 2 N–H and O–H groups in total. The molecule has 3 aromatic heterocycles. The van der Waals surface area contributed by atoms with E-state index in [4.69, 9.17) is 9.97 Å². The molecule has 0 bridgehead atoms. The molecule has 1 aliphatic heterocycles. The minimum absolute atomic E-state index is 0.203. The Kier molecular flexibility index (Phi) is 5.59. The largest absolute Gasteiger partial charge is 0.384 e. The quantitative estimate of drug-likeness (QED) is 0.328. The van der Waals surface area contributed by atoms with Crippen LogP contribution in [0.1, 0.15) is 72.9 Å². The van der Waals surface area contributed by atoms with Crippen LogP contribution in [-0.4, -0.2) is 47.9 Å². The maximum absolute atomic E-state index is 13.5. The van der Waals surface area contributed by atoms with Crippen molar-refractivity contribution in [3.8, 4) is 5.82 Å². The molecule has 0 saturated heterocycles. The normalized spacial score (nSPS) is 23.6. The molecule has 4 aromatic rings. The number of aromatic nitrogens is 5. The minimum atomic E-state index is -0.960. The lowest BCUT2D eigenvalue weighted by molar-refractivity contribution is 0.0306. The molecule has 9 nitrogen and oxygen atoms in total. The molecule has 2 atom stereocenters. The molecule has 1 saturated carbocycles. The standard InChI is InChI=1S/C33H37N7O2/c1-4-14-39-30(41)24-17-34-31(37-29(24)40(39)26-7-6-20-9-11-33(42,5-2)28(20)36-26)35-23-15-21-8-10-32(12-13-32)25-19-38(3)18-22(16-23)27(21)25/h4,6-7,15-17,25,42H,1,5,8-14,18-19H2,2-3H3,(H,34,35,37). The first-order valence-electron chi connectivity index (χ1n) is 15.3. The zero-order chi connectivity index (χ0) is 28.8. The van der Waals surface area contributed by atoms with Gasteiger partial charge in [-0.15, -0.1) is 6.58 Å². The van der Waals surface area contributed by atoms with Crippen molar-refractivity contribution in [3.05, 3.63) is 81.4 Å². The summed E-state index contributed by atoms with van der Waals surface area (Å²) < 4.78 is 3.32. The SMILES string of the molecule is C=CCn1c(=O)c2cnc(Nc3cc4c5c(c3)CN(C)CC5C3(CC4)CC3)nc2n1-c1ccc2c(n1)C(O)(CC)CC2. The van der Waals surface area contributed by atoms with E-state index in [2.05, 4.69) is 41.0 Å². The highest BCUT2D eigenvalue weighted by Gasteiger charge is 2.53. The summed E-state index contributed by atoms with van der Waals surface area (Å²) in [7, 11) is 2.23. The van der Waals surface area contributed by atoms with E-state index in [1.807, 2.05) is 19.1 Å². The van der Waals surface area contributed by atoms with Crippen molar-refractivity contribution in [2.24, 2.45) is 5.41 Å². The Balaban J connectivity index is 1.22. The highest BCUT2D eigenvalue weighted by atomic mass is 16.3. The molecule has 1 spiro atoms. The number of hydrogen-bond acceptors (Lipinski definition) is 7. The molecule has 42 heavy (non-hydrogen) atoms.